The highest BCUT2D eigenvalue weighted by Crippen LogP contribution is 2.35. The summed E-state index contributed by atoms with van der Waals surface area (Å²) in [5, 5.41) is 3.53. The summed E-state index contributed by atoms with van der Waals surface area (Å²) < 4.78 is 6.88. The molecule has 0 radical (unpaired) electrons. The molecule has 0 fully saturated rings. The Morgan fingerprint density at radius 2 is 2.00 bits per heavy atom. The van der Waals surface area contributed by atoms with E-state index in [1.807, 2.05) is 18.2 Å². The number of hydrogen-bond acceptors (Lipinski definition) is 2. The molecule has 0 spiro atoms. The average Bonchev–Trinajstić information content (AvgIpc) is 2.47. The molecule has 1 unspecified atom stereocenters. The first-order valence-electron chi connectivity index (χ1n) is 6.54. The van der Waals surface area contributed by atoms with Crippen LogP contribution in [0.4, 0.5) is 5.69 Å². The third kappa shape index (κ3) is 2.61. The summed E-state index contributed by atoms with van der Waals surface area (Å²) in [4.78, 5) is 0. The van der Waals surface area contributed by atoms with E-state index in [4.69, 9.17) is 4.74 Å². The first-order chi connectivity index (χ1) is 9.26. The molecule has 0 amide bonds. The Morgan fingerprint density at radius 1 is 1.21 bits per heavy atom. The Morgan fingerprint density at radius 3 is 2.74 bits per heavy atom. The third-order valence-electron chi connectivity index (χ3n) is 3.47. The minimum atomic E-state index is 0.222. The smallest absolute Gasteiger partial charge is 0.143 e. The number of halogens is 1. The molecule has 0 aliphatic carbocycles. The maximum absolute atomic E-state index is 5.84. The molecule has 1 N–H and O–H groups in total. The molecule has 0 saturated heterocycles. The topological polar surface area (TPSA) is 21.3 Å². The van der Waals surface area contributed by atoms with Crippen LogP contribution in [0.1, 0.15) is 24.1 Å². The molecule has 0 bridgehead atoms. The van der Waals surface area contributed by atoms with Crippen molar-refractivity contribution in [3.63, 3.8) is 0 Å². The molecule has 19 heavy (non-hydrogen) atoms. The molecule has 2 aromatic carbocycles. The van der Waals surface area contributed by atoms with E-state index < -0.39 is 0 Å². The number of nitrogens with one attached hydrogen (secondary N) is 1. The fourth-order valence-electron chi connectivity index (χ4n) is 2.30. The van der Waals surface area contributed by atoms with Crippen LogP contribution in [0.3, 0.4) is 0 Å². The van der Waals surface area contributed by atoms with Gasteiger partial charge >= 0.3 is 0 Å². The number of rotatable bonds is 2. The van der Waals surface area contributed by atoms with Gasteiger partial charge in [0.1, 0.15) is 12.4 Å². The minimum absolute atomic E-state index is 0.222. The number of hydrogen-bond donors (Lipinski definition) is 1. The standard InChI is InChI=1S/C16H16BrNO/c1-2-11-3-5-12(6-4-11)15-10-19-16-9-13(17)7-8-14(16)18-15/h3-9,15,18H,2,10H2,1H3. The molecule has 2 nitrogen and oxygen atoms in total. The molecule has 1 aliphatic heterocycles. The van der Waals surface area contributed by atoms with Crippen molar-refractivity contribution in [3.8, 4) is 5.75 Å². The van der Waals surface area contributed by atoms with E-state index in [1.54, 1.807) is 0 Å². The largest absolute Gasteiger partial charge is 0.489 e. The normalized spacial score (nSPS) is 17.3. The zero-order valence-electron chi connectivity index (χ0n) is 10.8. The zero-order valence-corrected chi connectivity index (χ0v) is 12.4. The Labute approximate surface area is 121 Å². The van der Waals surface area contributed by atoms with Gasteiger partial charge in [-0.05, 0) is 35.7 Å². The second-order valence-corrected chi connectivity index (χ2v) is 5.66. The van der Waals surface area contributed by atoms with Crippen molar-refractivity contribution in [2.75, 3.05) is 11.9 Å². The number of anilines is 1. The maximum Gasteiger partial charge on any atom is 0.143 e. The van der Waals surface area contributed by atoms with Gasteiger partial charge in [-0.15, -0.1) is 0 Å². The molecule has 0 aromatic heterocycles. The quantitative estimate of drug-likeness (QED) is 0.876. The van der Waals surface area contributed by atoms with Gasteiger partial charge in [-0.3, -0.25) is 0 Å². The van der Waals surface area contributed by atoms with E-state index in [1.165, 1.54) is 11.1 Å². The number of aryl methyl sites for hydroxylation is 1. The lowest BCUT2D eigenvalue weighted by atomic mass is 10.0. The fourth-order valence-corrected chi connectivity index (χ4v) is 2.64. The lowest BCUT2D eigenvalue weighted by Crippen LogP contribution is -2.23. The van der Waals surface area contributed by atoms with Gasteiger partial charge in [0.2, 0.25) is 0 Å². The molecule has 0 saturated carbocycles. The highest BCUT2D eigenvalue weighted by Gasteiger charge is 2.20. The van der Waals surface area contributed by atoms with E-state index >= 15 is 0 Å². The van der Waals surface area contributed by atoms with E-state index in [-0.39, 0.29) is 6.04 Å². The predicted octanol–water partition coefficient (Wildman–Crippen LogP) is 4.56. The van der Waals surface area contributed by atoms with Gasteiger partial charge < -0.3 is 10.1 Å². The molecule has 1 heterocycles. The van der Waals surface area contributed by atoms with Crippen LogP contribution in [-0.4, -0.2) is 6.61 Å². The van der Waals surface area contributed by atoms with Crippen LogP contribution in [0, 0.1) is 0 Å². The van der Waals surface area contributed by atoms with Crippen molar-refractivity contribution in [2.24, 2.45) is 0 Å². The Balaban J connectivity index is 1.82. The third-order valence-corrected chi connectivity index (χ3v) is 3.96. The molecule has 1 atom stereocenters. The van der Waals surface area contributed by atoms with Gasteiger partial charge in [0, 0.05) is 4.47 Å². The van der Waals surface area contributed by atoms with Crippen molar-refractivity contribution in [3.05, 3.63) is 58.1 Å². The Kier molecular flexibility index (Phi) is 3.47. The second kappa shape index (κ2) is 5.25. The molecule has 2 aromatic rings. The predicted molar refractivity (Wildman–Crippen MR) is 81.8 cm³/mol. The highest BCUT2D eigenvalue weighted by molar-refractivity contribution is 9.10. The van der Waals surface area contributed by atoms with Crippen LogP contribution >= 0.6 is 15.9 Å². The van der Waals surface area contributed by atoms with Crippen LogP contribution in [0.5, 0.6) is 5.75 Å². The van der Waals surface area contributed by atoms with Crippen LogP contribution in [0.15, 0.2) is 46.9 Å². The van der Waals surface area contributed by atoms with Crippen molar-refractivity contribution >= 4 is 21.6 Å². The van der Waals surface area contributed by atoms with Gasteiger partial charge in [-0.25, -0.2) is 0 Å². The van der Waals surface area contributed by atoms with Crippen molar-refractivity contribution in [1.82, 2.24) is 0 Å². The SMILES string of the molecule is CCc1ccc(C2COc3cc(Br)ccc3N2)cc1. The lowest BCUT2D eigenvalue weighted by molar-refractivity contribution is 0.286. The number of benzene rings is 2. The minimum Gasteiger partial charge on any atom is -0.489 e. The van der Waals surface area contributed by atoms with E-state index in [2.05, 4.69) is 52.4 Å². The maximum atomic E-state index is 5.84. The summed E-state index contributed by atoms with van der Waals surface area (Å²) in [6.45, 7) is 2.83. The van der Waals surface area contributed by atoms with Crippen LogP contribution < -0.4 is 10.1 Å². The van der Waals surface area contributed by atoms with Crippen LogP contribution in [0.2, 0.25) is 0 Å². The first kappa shape index (κ1) is 12.5. The summed E-state index contributed by atoms with van der Waals surface area (Å²) in [6.07, 6.45) is 1.08. The monoisotopic (exact) mass is 317 g/mol. The summed E-state index contributed by atoms with van der Waals surface area (Å²) in [5.74, 6) is 0.913. The van der Waals surface area contributed by atoms with Crippen LogP contribution in [-0.2, 0) is 6.42 Å². The summed E-state index contributed by atoms with van der Waals surface area (Å²) in [5.41, 5.74) is 3.69. The van der Waals surface area contributed by atoms with Gasteiger partial charge in [-0.2, -0.15) is 0 Å². The Bertz CT molecular complexity index is 580. The molecule has 3 heteroatoms. The van der Waals surface area contributed by atoms with E-state index in [0.29, 0.717) is 6.61 Å². The molecular weight excluding hydrogens is 302 g/mol. The summed E-state index contributed by atoms with van der Waals surface area (Å²) in [7, 11) is 0. The van der Waals surface area contributed by atoms with Gasteiger partial charge in [-0.1, -0.05) is 47.1 Å². The lowest BCUT2D eigenvalue weighted by Gasteiger charge is -2.28. The van der Waals surface area contributed by atoms with E-state index in [9.17, 15) is 0 Å². The second-order valence-electron chi connectivity index (χ2n) is 4.74. The van der Waals surface area contributed by atoms with Crippen molar-refractivity contribution in [1.29, 1.82) is 0 Å². The average molecular weight is 318 g/mol. The van der Waals surface area contributed by atoms with Gasteiger partial charge in [0.15, 0.2) is 0 Å². The highest BCUT2D eigenvalue weighted by atomic mass is 79.9. The van der Waals surface area contributed by atoms with Gasteiger partial charge in [0.25, 0.3) is 0 Å². The van der Waals surface area contributed by atoms with Crippen LogP contribution in [0.25, 0.3) is 0 Å². The summed E-state index contributed by atoms with van der Waals surface area (Å²) >= 11 is 3.46. The zero-order chi connectivity index (χ0) is 13.2. The number of ether oxygens (including phenoxy) is 1. The van der Waals surface area contributed by atoms with Crippen molar-refractivity contribution < 1.29 is 4.74 Å². The molecule has 1 aliphatic rings. The molecular formula is C16H16BrNO. The van der Waals surface area contributed by atoms with Gasteiger partial charge in [0.05, 0.1) is 11.7 Å². The molecule has 98 valence electrons. The number of fused-ring (bicyclic) bond motifs is 1. The van der Waals surface area contributed by atoms with E-state index in [0.717, 1.165) is 22.3 Å². The fraction of sp³-hybridized carbons (Fsp3) is 0.250. The first-order valence-corrected chi connectivity index (χ1v) is 7.33. The summed E-state index contributed by atoms with van der Waals surface area (Å²) in [6, 6.07) is 15.0. The molecule has 3 rings (SSSR count). The Hall–Kier alpha value is -1.48. The van der Waals surface area contributed by atoms with Crippen molar-refractivity contribution in [2.45, 2.75) is 19.4 Å².